The quantitative estimate of drug-likeness (QED) is 0.584. The van der Waals surface area contributed by atoms with E-state index in [2.05, 4.69) is 16.0 Å². The summed E-state index contributed by atoms with van der Waals surface area (Å²) < 4.78 is 10.5. The highest BCUT2D eigenvalue weighted by atomic mass is 16.5. The summed E-state index contributed by atoms with van der Waals surface area (Å²) in [5.74, 6) is 0.235. The van der Waals surface area contributed by atoms with Crippen molar-refractivity contribution in [2.45, 2.75) is 26.4 Å². The topological polar surface area (TPSA) is 88.7 Å². The average Bonchev–Trinajstić information content (AvgIpc) is 2.75. The van der Waals surface area contributed by atoms with Gasteiger partial charge in [0, 0.05) is 18.8 Å². The fraction of sp³-hybridized carbons (Fsp3) is 0.304. The third-order valence-electron chi connectivity index (χ3n) is 4.85. The summed E-state index contributed by atoms with van der Waals surface area (Å²) in [6.07, 6.45) is 0. The number of amides is 2. The highest BCUT2D eigenvalue weighted by molar-refractivity contribution is 5.95. The number of urea groups is 1. The Morgan fingerprint density at radius 3 is 2.40 bits per heavy atom. The van der Waals surface area contributed by atoms with Crippen LogP contribution in [0, 0.1) is 6.92 Å². The van der Waals surface area contributed by atoms with Crippen molar-refractivity contribution in [1.29, 1.82) is 0 Å². The Kier molecular flexibility index (Phi) is 7.08. The second kappa shape index (κ2) is 9.93. The zero-order chi connectivity index (χ0) is 21.5. The van der Waals surface area contributed by atoms with Crippen molar-refractivity contribution >= 4 is 12.0 Å². The Hall–Kier alpha value is -3.32. The summed E-state index contributed by atoms with van der Waals surface area (Å²) in [6, 6.07) is 14.4. The molecule has 1 aliphatic rings. The number of hydrogen-bond donors (Lipinski definition) is 3. The number of aryl methyl sites for hydroxylation is 1. The van der Waals surface area contributed by atoms with Crippen LogP contribution >= 0.6 is 0 Å². The summed E-state index contributed by atoms with van der Waals surface area (Å²) in [5.41, 5.74) is 3.97. The van der Waals surface area contributed by atoms with E-state index < -0.39 is 12.0 Å². The lowest BCUT2D eigenvalue weighted by Crippen LogP contribution is -2.48. The first-order valence-electron chi connectivity index (χ1n) is 9.89. The van der Waals surface area contributed by atoms with Gasteiger partial charge in [0.15, 0.2) is 0 Å². The molecule has 0 aliphatic carbocycles. The molecule has 0 spiro atoms. The normalized spacial score (nSPS) is 16.0. The summed E-state index contributed by atoms with van der Waals surface area (Å²) in [6.45, 7) is 4.97. The third-order valence-corrected chi connectivity index (χ3v) is 4.85. The van der Waals surface area contributed by atoms with Crippen LogP contribution in [-0.4, -0.2) is 32.3 Å². The number of methoxy groups -OCH3 is 1. The number of benzene rings is 2. The van der Waals surface area contributed by atoms with Crippen molar-refractivity contribution in [3.63, 3.8) is 0 Å². The largest absolute Gasteiger partial charge is 0.497 e. The molecular formula is C23H27N3O4. The number of esters is 1. The van der Waals surface area contributed by atoms with E-state index >= 15 is 0 Å². The minimum absolute atomic E-state index is 0.246. The van der Waals surface area contributed by atoms with E-state index in [9.17, 15) is 9.59 Å². The SMILES string of the molecule is CCOC(=O)C1=C(CNCc2ccc(C)cc2)NC(=O)N[C@@H]1c1ccc(OC)cc1. The molecule has 3 N–H and O–H groups in total. The van der Waals surface area contributed by atoms with Gasteiger partial charge in [0.2, 0.25) is 0 Å². The number of hydrogen-bond acceptors (Lipinski definition) is 5. The molecule has 0 fully saturated rings. The molecule has 7 nitrogen and oxygen atoms in total. The maximum atomic E-state index is 12.8. The predicted octanol–water partition coefficient (Wildman–Crippen LogP) is 2.96. The molecule has 1 heterocycles. The van der Waals surface area contributed by atoms with Crippen molar-refractivity contribution < 1.29 is 19.1 Å². The van der Waals surface area contributed by atoms with Gasteiger partial charge >= 0.3 is 12.0 Å². The molecule has 0 bridgehead atoms. The second-order valence-corrected chi connectivity index (χ2v) is 7.01. The molecule has 0 unspecified atom stereocenters. The molecule has 0 radical (unpaired) electrons. The van der Waals surface area contributed by atoms with Crippen LogP contribution in [0.5, 0.6) is 5.75 Å². The molecule has 1 aliphatic heterocycles. The summed E-state index contributed by atoms with van der Waals surface area (Å²) in [4.78, 5) is 25.1. The Bertz CT molecular complexity index is 920. The van der Waals surface area contributed by atoms with Crippen molar-refractivity contribution in [3.05, 3.63) is 76.5 Å². The lowest BCUT2D eigenvalue weighted by Gasteiger charge is -2.29. The Balaban J connectivity index is 1.86. The van der Waals surface area contributed by atoms with Gasteiger partial charge in [-0.05, 0) is 37.1 Å². The fourth-order valence-corrected chi connectivity index (χ4v) is 3.29. The van der Waals surface area contributed by atoms with E-state index in [0.717, 1.165) is 11.1 Å². The zero-order valence-corrected chi connectivity index (χ0v) is 17.5. The van der Waals surface area contributed by atoms with Gasteiger partial charge in [-0.3, -0.25) is 0 Å². The zero-order valence-electron chi connectivity index (χ0n) is 17.5. The van der Waals surface area contributed by atoms with Gasteiger partial charge < -0.3 is 25.4 Å². The van der Waals surface area contributed by atoms with Gasteiger partial charge in [-0.15, -0.1) is 0 Å². The number of carbonyl (C=O) groups excluding carboxylic acids is 2. The summed E-state index contributed by atoms with van der Waals surface area (Å²) >= 11 is 0. The Labute approximate surface area is 176 Å². The molecule has 30 heavy (non-hydrogen) atoms. The van der Waals surface area contributed by atoms with Crippen LogP contribution in [-0.2, 0) is 16.1 Å². The maximum Gasteiger partial charge on any atom is 0.338 e. The molecule has 0 saturated heterocycles. The minimum atomic E-state index is -0.611. The lowest BCUT2D eigenvalue weighted by atomic mass is 9.95. The van der Waals surface area contributed by atoms with Gasteiger partial charge in [-0.1, -0.05) is 42.0 Å². The standard InChI is InChI=1S/C23H27N3O4/c1-4-30-22(27)20-19(14-24-13-16-7-5-15(2)6-8-16)25-23(28)26-21(20)17-9-11-18(29-3)12-10-17/h5-12,21,24H,4,13-14H2,1-3H3,(H2,25,26,28)/t21-/m1/s1. The molecule has 0 saturated carbocycles. The molecule has 3 rings (SSSR count). The monoisotopic (exact) mass is 409 g/mol. The number of carbonyl (C=O) groups is 2. The van der Waals surface area contributed by atoms with E-state index in [0.29, 0.717) is 30.1 Å². The highest BCUT2D eigenvalue weighted by Gasteiger charge is 2.33. The molecule has 2 aromatic carbocycles. The van der Waals surface area contributed by atoms with Crippen LogP contribution in [0.15, 0.2) is 59.8 Å². The van der Waals surface area contributed by atoms with E-state index in [1.54, 1.807) is 26.2 Å². The fourth-order valence-electron chi connectivity index (χ4n) is 3.29. The molecule has 1 atom stereocenters. The predicted molar refractivity (Wildman–Crippen MR) is 114 cm³/mol. The molecule has 2 amide bonds. The number of ether oxygens (including phenoxy) is 2. The smallest absolute Gasteiger partial charge is 0.338 e. The number of rotatable bonds is 8. The lowest BCUT2D eigenvalue weighted by molar-refractivity contribution is -0.139. The van der Waals surface area contributed by atoms with Gasteiger partial charge in [-0.2, -0.15) is 0 Å². The summed E-state index contributed by atoms with van der Waals surface area (Å²) in [7, 11) is 1.59. The van der Waals surface area contributed by atoms with Crippen LogP contribution in [0.25, 0.3) is 0 Å². The first-order chi connectivity index (χ1) is 14.5. The molecule has 0 aromatic heterocycles. The van der Waals surface area contributed by atoms with Crippen LogP contribution in [0.1, 0.15) is 29.7 Å². The van der Waals surface area contributed by atoms with Crippen molar-refractivity contribution in [2.24, 2.45) is 0 Å². The molecular weight excluding hydrogens is 382 g/mol. The van der Waals surface area contributed by atoms with E-state index in [-0.39, 0.29) is 12.6 Å². The van der Waals surface area contributed by atoms with Crippen molar-refractivity contribution in [2.75, 3.05) is 20.3 Å². The molecule has 158 valence electrons. The Morgan fingerprint density at radius 2 is 1.77 bits per heavy atom. The molecule has 7 heteroatoms. The van der Waals surface area contributed by atoms with Gasteiger partial charge in [0.1, 0.15) is 5.75 Å². The van der Waals surface area contributed by atoms with Gasteiger partial charge in [-0.25, -0.2) is 9.59 Å². The van der Waals surface area contributed by atoms with Crippen LogP contribution in [0.2, 0.25) is 0 Å². The van der Waals surface area contributed by atoms with E-state index in [1.807, 2.05) is 43.3 Å². The average molecular weight is 409 g/mol. The second-order valence-electron chi connectivity index (χ2n) is 7.01. The van der Waals surface area contributed by atoms with Gasteiger partial charge in [0.05, 0.1) is 25.3 Å². The summed E-state index contributed by atoms with van der Waals surface area (Å²) in [5, 5.41) is 8.89. The maximum absolute atomic E-state index is 12.8. The third kappa shape index (κ3) is 5.18. The van der Waals surface area contributed by atoms with Crippen LogP contribution in [0.3, 0.4) is 0 Å². The van der Waals surface area contributed by atoms with Crippen LogP contribution in [0.4, 0.5) is 4.79 Å². The van der Waals surface area contributed by atoms with Crippen molar-refractivity contribution in [1.82, 2.24) is 16.0 Å². The first kappa shape index (κ1) is 21.4. The Morgan fingerprint density at radius 1 is 1.07 bits per heavy atom. The van der Waals surface area contributed by atoms with E-state index in [1.165, 1.54) is 5.56 Å². The van der Waals surface area contributed by atoms with Gasteiger partial charge in [0.25, 0.3) is 0 Å². The van der Waals surface area contributed by atoms with Crippen LogP contribution < -0.4 is 20.7 Å². The van der Waals surface area contributed by atoms with E-state index in [4.69, 9.17) is 9.47 Å². The molecule has 2 aromatic rings. The number of nitrogens with one attached hydrogen (secondary N) is 3. The van der Waals surface area contributed by atoms with Crippen molar-refractivity contribution in [3.8, 4) is 5.75 Å². The minimum Gasteiger partial charge on any atom is -0.497 e. The first-order valence-corrected chi connectivity index (χ1v) is 9.89. The highest BCUT2D eigenvalue weighted by Crippen LogP contribution is 2.28.